The molecule has 0 radical (unpaired) electrons. The van der Waals surface area contributed by atoms with Gasteiger partial charge >= 0.3 is 0 Å². The van der Waals surface area contributed by atoms with E-state index in [0.29, 0.717) is 5.82 Å². The first kappa shape index (κ1) is 16.2. The number of hydrazone groups is 1. The zero-order chi connectivity index (χ0) is 16.9. The summed E-state index contributed by atoms with van der Waals surface area (Å²) < 4.78 is 19.3. The third kappa shape index (κ3) is 3.45. The summed E-state index contributed by atoms with van der Waals surface area (Å²) >= 11 is 0. The number of methoxy groups -OCH3 is 1. The highest BCUT2D eigenvalue weighted by Crippen LogP contribution is 2.22. The van der Waals surface area contributed by atoms with Crippen molar-refractivity contribution in [3.8, 4) is 5.75 Å². The molecule has 6 nitrogen and oxygen atoms in total. The molecule has 1 fully saturated rings. The Bertz CT molecular complexity index is 744. The minimum absolute atomic E-state index is 0.265. The SMILES string of the molecule is COc1c(C)cccc1/C=N\Nc1ncc(F)c(N2CCCC2)n1. The quantitative estimate of drug-likeness (QED) is 0.675. The fraction of sp³-hybridized carbons (Fsp3) is 0.353. The Balaban J connectivity index is 1.75. The Morgan fingerprint density at radius 2 is 2.12 bits per heavy atom. The minimum Gasteiger partial charge on any atom is -0.496 e. The lowest BCUT2D eigenvalue weighted by Crippen LogP contribution is -2.21. The average molecular weight is 329 g/mol. The molecule has 0 atom stereocenters. The van der Waals surface area contributed by atoms with Crippen LogP contribution in [0.3, 0.4) is 0 Å². The van der Waals surface area contributed by atoms with Gasteiger partial charge in [0.25, 0.3) is 0 Å². The van der Waals surface area contributed by atoms with E-state index < -0.39 is 5.82 Å². The maximum absolute atomic E-state index is 13.9. The van der Waals surface area contributed by atoms with Gasteiger partial charge in [-0.3, -0.25) is 0 Å². The Morgan fingerprint density at radius 3 is 2.88 bits per heavy atom. The standard InChI is InChI=1S/C17H20FN5O/c1-12-6-5-7-13(15(12)24-2)10-20-22-17-19-11-14(18)16(21-17)23-8-3-4-9-23/h5-7,10-11H,3-4,8-9H2,1-2H3,(H,19,21,22)/b20-10-. The number of ether oxygens (including phenoxy) is 1. The normalized spacial score (nSPS) is 14.4. The van der Waals surface area contributed by atoms with Crippen LogP contribution in [0.15, 0.2) is 29.5 Å². The zero-order valence-electron chi connectivity index (χ0n) is 13.8. The summed E-state index contributed by atoms with van der Waals surface area (Å²) in [7, 11) is 1.62. The van der Waals surface area contributed by atoms with Gasteiger partial charge < -0.3 is 9.64 Å². The van der Waals surface area contributed by atoms with Crippen LogP contribution in [-0.4, -0.2) is 36.4 Å². The first-order chi connectivity index (χ1) is 11.7. The van der Waals surface area contributed by atoms with Gasteiger partial charge in [0.2, 0.25) is 5.95 Å². The van der Waals surface area contributed by atoms with Gasteiger partial charge in [-0.1, -0.05) is 12.1 Å². The number of para-hydroxylation sites is 1. The fourth-order valence-electron chi connectivity index (χ4n) is 2.78. The number of hydrogen-bond donors (Lipinski definition) is 1. The van der Waals surface area contributed by atoms with Crippen LogP contribution in [0.25, 0.3) is 0 Å². The highest BCUT2D eigenvalue weighted by molar-refractivity contribution is 5.84. The Labute approximate surface area is 140 Å². The smallest absolute Gasteiger partial charge is 0.245 e. The second kappa shape index (κ2) is 7.25. The van der Waals surface area contributed by atoms with E-state index >= 15 is 0 Å². The molecule has 1 aliphatic heterocycles. The Morgan fingerprint density at radius 1 is 1.33 bits per heavy atom. The molecular formula is C17H20FN5O. The lowest BCUT2D eigenvalue weighted by atomic mass is 10.1. The number of benzene rings is 1. The molecule has 0 bridgehead atoms. The van der Waals surface area contributed by atoms with E-state index in [1.807, 2.05) is 30.0 Å². The lowest BCUT2D eigenvalue weighted by molar-refractivity contribution is 0.411. The minimum atomic E-state index is -0.410. The summed E-state index contributed by atoms with van der Waals surface area (Å²) in [5, 5.41) is 4.14. The molecule has 0 amide bonds. The van der Waals surface area contributed by atoms with Crippen molar-refractivity contribution in [2.75, 3.05) is 30.5 Å². The first-order valence-corrected chi connectivity index (χ1v) is 7.89. The molecule has 0 aliphatic carbocycles. The van der Waals surface area contributed by atoms with Crippen molar-refractivity contribution in [2.24, 2.45) is 5.10 Å². The maximum atomic E-state index is 13.9. The summed E-state index contributed by atoms with van der Waals surface area (Å²) in [4.78, 5) is 10.1. The number of nitrogens with zero attached hydrogens (tertiary/aromatic N) is 4. The molecule has 0 spiro atoms. The van der Waals surface area contributed by atoms with Crippen LogP contribution < -0.4 is 15.1 Å². The molecule has 0 saturated carbocycles. The van der Waals surface area contributed by atoms with E-state index in [1.165, 1.54) is 6.20 Å². The third-order valence-corrected chi connectivity index (χ3v) is 3.95. The zero-order valence-corrected chi connectivity index (χ0v) is 13.8. The molecule has 1 N–H and O–H groups in total. The third-order valence-electron chi connectivity index (χ3n) is 3.95. The van der Waals surface area contributed by atoms with Crippen molar-refractivity contribution < 1.29 is 9.13 Å². The number of aryl methyl sites for hydroxylation is 1. The van der Waals surface area contributed by atoms with Gasteiger partial charge in [0.05, 0.1) is 19.5 Å². The molecule has 2 aromatic rings. The van der Waals surface area contributed by atoms with E-state index in [2.05, 4.69) is 20.5 Å². The molecule has 126 valence electrons. The topological polar surface area (TPSA) is 62.6 Å². The number of aromatic nitrogens is 2. The molecule has 0 unspecified atom stereocenters. The average Bonchev–Trinajstić information content (AvgIpc) is 3.11. The largest absolute Gasteiger partial charge is 0.496 e. The number of halogens is 1. The van der Waals surface area contributed by atoms with Crippen LogP contribution in [0.4, 0.5) is 16.2 Å². The highest BCUT2D eigenvalue weighted by atomic mass is 19.1. The summed E-state index contributed by atoms with van der Waals surface area (Å²) in [6, 6.07) is 5.80. The number of rotatable bonds is 5. The van der Waals surface area contributed by atoms with Gasteiger partial charge in [-0.2, -0.15) is 10.1 Å². The van der Waals surface area contributed by atoms with Crippen molar-refractivity contribution in [1.82, 2.24) is 9.97 Å². The van der Waals surface area contributed by atoms with E-state index in [0.717, 1.165) is 42.8 Å². The Hall–Kier alpha value is -2.70. The van der Waals surface area contributed by atoms with Crippen molar-refractivity contribution in [3.63, 3.8) is 0 Å². The maximum Gasteiger partial charge on any atom is 0.245 e. The van der Waals surface area contributed by atoms with Crippen molar-refractivity contribution >= 4 is 18.0 Å². The van der Waals surface area contributed by atoms with Gasteiger partial charge in [0.15, 0.2) is 11.6 Å². The number of hydrogen-bond acceptors (Lipinski definition) is 6. The van der Waals surface area contributed by atoms with Crippen LogP contribution in [-0.2, 0) is 0 Å². The second-order valence-electron chi connectivity index (χ2n) is 5.63. The molecule has 3 rings (SSSR count). The second-order valence-corrected chi connectivity index (χ2v) is 5.63. The molecule has 1 aliphatic rings. The first-order valence-electron chi connectivity index (χ1n) is 7.89. The van der Waals surface area contributed by atoms with Crippen LogP contribution in [0.5, 0.6) is 5.75 Å². The van der Waals surface area contributed by atoms with Crippen LogP contribution in [0.2, 0.25) is 0 Å². The lowest BCUT2D eigenvalue weighted by Gasteiger charge is -2.16. The van der Waals surface area contributed by atoms with Gasteiger partial charge in [0.1, 0.15) is 5.75 Å². The molecule has 7 heteroatoms. The Kier molecular flexibility index (Phi) is 4.88. The fourth-order valence-corrected chi connectivity index (χ4v) is 2.78. The van der Waals surface area contributed by atoms with E-state index in [9.17, 15) is 4.39 Å². The number of nitrogens with one attached hydrogen (secondary N) is 1. The molecule has 1 saturated heterocycles. The van der Waals surface area contributed by atoms with Crippen molar-refractivity contribution in [3.05, 3.63) is 41.3 Å². The summed E-state index contributed by atoms with van der Waals surface area (Å²) in [6.45, 7) is 3.60. The van der Waals surface area contributed by atoms with Crippen molar-refractivity contribution in [2.45, 2.75) is 19.8 Å². The predicted octanol–water partition coefficient (Wildman–Crippen LogP) is 2.98. The van der Waals surface area contributed by atoms with E-state index in [1.54, 1.807) is 13.3 Å². The van der Waals surface area contributed by atoms with E-state index in [-0.39, 0.29) is 5.95 Å². The molecule has 1 aromatic carbocycles. The van der Waals surface area contributed by atoms with Crippen LogP contribution >= 0.6 is 0 Å². The molecular weight excluding hydrogens is 309 g/mol. The van der Waals surface area contributed by atoms with Crippen LogP contribution in [0, 0.1) is 12.7 Å². The monoisotopic (exact) mass is 329 g/mol. The summed E-state index contributed by atoms with van der Waals surface area (Å²) in [5.74, 6) is 0.946. The van der Waals surface area contributed by atoms with Gasteiger partial charge in [-0.15, -0.1) is 0 Å². The van der Waals surface area contributed by atoms with E-state index in [4.69, 9.17) is 4.74 Å². The predicted molar refractivity (Wildman–Crippen MR) is 92.4 cm³/mol. The molecule has 1 aromatic heterocycles. The molecule has 24 heavy (non-hydrogen) atoms. The van der Waals surface area contributed by atoms with Crippen LogP contribution in [0.1, 0.15) is 24.0 Å². The summed E-state index contributed by atoms with van der Waals surface area (Å²) in [6.07, 6.45) is 4.91. The molecule has 2 heterocycles. The van der Waals surface area contributed by atoms with Gasteiger partial charge in [-0.25, -0.2) is 14.8 Å². The van der Waals surface area contributed by atoms with Gasteiger partial charge in [0, 0.05) is 18.7 Å². The van der Waals surface area contributed by atoms with Crippen molar-refractivity contribution in [1.29, 1.82) is 0 Å². The summed E-state index contributed by atoms with van der Waals surface area (Å²) in [5.41, 5.74) is 4.62. The highest BCUT2D eigenvalue weighted by Gasteiger charge is 2.18. The van der Waals surface area contributed by atoms with Gasteiger partial charge in [-0.05, 0) is 31.4 Å². The number of anilines is 2.